The van der Waals surface area contributed by atoms with Crippen LogP contribution in [0.1, 0.15) is 27.0 Å². The number of hydrogen-bond acceptors (Lipinski definition) is 9. The zero-order chi connectivity index (χ0) is 28.0. The van der Waals surface area contributed by atoms with E-state index in [1.54, 1.807) is 30.2 Å². The Morgan fingerprint density at radius 2 is 1.85 bits per heavy atom. The molecule has 4 aromatic rings. The first-order chi connectivity index (χ1) is 19.4. The van der Waals surface area contributed by atoms with Crippen molar-refractivity contribution in [1.82, 2.24) is 19.2 Å². The summed E-state index contributed by atoms with van der Waals surface area (Å²) in [4.78, 5) is 37.3. The standard InChI is InChI=1S/C29H30N4O6S/c1-17-27(40-29-30-19-6-4-5-7-20(19)33(17)29)25(34)23-24(18-8-9-21(37-2)22(16-18)38-3)32(28(36)26(23)35)11-10-31-12-14-39-15-13-31/h4-9,16,24,35H,10-15H2,1-3H3. The van der Waals surface area contributed by atoms with Crippen LogP contribution >= 0.6 is 11.3 Å². The maximum atomic E-state index is 14.2. The molecule has 1 atom stereocenters. The van der Waals surface area contributed by atoms with Crippen molar-refractivity contribution in [1.29, 1.82) is 0 Å². The van der Waals surface area contributed by atoms with Gasteiger partial charge in [-0.25, -0.2) is 4.98 Å². The minimum absolute atomic E-state index is 0.0520. The highest BCUT2D eigenvalue weighted by molar-refractivity contribution is 7.19. The average molecular weight is 563 g/mol. The smallest absolute Gasteiger partial charge is 0.290 e. The van der Waals surface area contributed by atoms with Gasteiger partial charge in [-0.3, -0.25) is 18.9 Å². The van der Waals surface area contributed by atoms with Crippen LogP contribution in [0.5, 0.6) is 11.5 Å². The molecule has 2 aliphatic rings. The van der Waals surface area contributed by atoms with Crippen LogP contribution in [-0.4, -0.2) is 89.6 Å². The molecule has 208 valence electrons. The Balaban J connectivity index is 1.42. The summed E-state index contributed by atoms with van der Waals surface area (Å²) in [6, 6.07) is 12.2. The summed E-state index contributed by atoms with van der Waals surface area (Å²) in [5.41, 5.74) is 3.14. The quantitative estimate of drug-likeness (QED) is 0.324. The maximum Gasteiger partial charge on any atom is 0.290 e. The van der Waals surface area contributed by atoms with Crippen molar-refractivity contribution in [2.24, 2.45) is 0 Å². The number of aromatic nitrogens is 2. The van der Waals surface area contributed by atoms with Crippen LogP contribution in [0, 0.1) is 6.92 Å². The first kappa shape index (κ1) is 26.3. The first-order valence-corrected chi connectivity index (χ1v) is 13.9. The average Bonchev–Trinajstić information content (AvgIpc) is 3.60. The molecule has 40 heavy (non-hydrogen) atoms. The Morgan fingerprint density at radius 1 is 1.10 bits per heavy atom. The van der Waals surface area contributed by atoms with Crippen LogP contribution in [0.25, 0.3) is 16.0 Å². The van der Waals surface area contributed by atoms with Crippen molar-refractivity contribution in [2.75, 3.05) is 53.6 Å². The summed E-state index contributed by atoms with van der Waals surface area (Å²) in [7, 11) is 3.08. The summed E-state index contributed by atoms with van der Waals surface area (Å²) in [5, 5.41) is 11.2. The number of ketones is 1. The Bertz CT molecular complexity index is 1650. The molecule has 1 amide bonds. The minimum atomic E-state index is -0.800. The number of morpholine rings is 1. The third-order valence-electron chi connectivity index (χ3n) is 7.63. The fourth-order valence-electron chi connectivity index (χ4n) is 5.56. The Labute approximate surface area is 235 Å². The van der Waals surface area contributed by atoms with Gasteiger partial charge >= 0.3 is 0 Å². The number of Topliss-reactive ketones (excluding diaryl/α,β-unsaturated/α-hetero) is 1. The number of amides is 1. The lowest BCUT2D eigenvalue weighted by atomic mass is 9.94. The fourth-order valence-corrected chi connectivity index (χ4v) is 6.65. The van der Waals surface area contributed by atoms with E-state index in [0.717, 1.165) is 24.1 Å². The number of imidazole rings is 1. The van der Waals surface area contributed by atoms with Crippen molar-refractivity contribution in [3.05, 3.63) is 69.9 Å². The number of aliphatic hydroxyl groups is 1. The van der Waals surface area contributed by atoms with E-state index in [1.807, 2.05) is 35.6 Å². The van der Waals surface area contributed by atoms with Crippen molar-refractivity contribution >= 4 is 39.0 Å². The number of rotatable bonds is 8. The molecule has 11 heteroatoms. The summed E-state index contributed by atoms with van der Waals surface area (Å²) in [6.45, 7) is 5.57. The number of para-hydroxylation sites is 2. The molecule has 1 unspecified atom stereocenters. The molecule has 0 radical (unpaired) electrons. The number of aliphatic hydroxyl groups excluding tert-OH is 1. The highest BCUT2D eigenvalue weighted by Gasteiger charge is 2.45. The molecule has 0 bridgehead atoms. The van der Waals surface area contributed by atoms with Gasteiger partial charge in [-0.2, -0.15) is 0 Å². The molecule has 4 heterocycles. The number of benzene rings is 2. The largest absolute Gasteiger partial charge is 0.503 e. The van der Waals surface area contributed by atoms with Crippen LogP contribution in [-0.2, 0) is 9.53 Å². The summed E-state index contributed by atoms with van der Waals surface area (Å²) in [5.74, 6) is -0.491. The molecule has 10 nitrogen and oxygen atoms in total. The maximum absolute atomic E-state index is 14.2. The normalized spacial score (nSPS) is 18.3. The minimum Gasteiger partial charge on any atom is -0.503 e. The Kier molecular flexibility index (Phi) is 6.95. The molecule has 2 aromatic heterocycles. The zero-order valence-corrected chi connectivity index (χ0v) is 23.4. The van der Waals surface area contributed by atoms with Crippen molar-refractivity contribution in [3.63, 3.8) is 0 Å². The van der Waals surface area contributed by atoms with Gasteiger partial charge in [0.25, 0.3) is 5.91 Å². The summed E-state index contributed by atoms with van der Waals surface area (Å²) < 4.78 is 18.3. The molecule has 1 N–H and O–H groups in total. The number of carbonyl (C=O) groups is 2. The molecule has 1 fully saturated rings. The Hall–Kier alpha value is -3.93. The number of hydrogen-bond donors (Lipinski definition) is 1. The van der Waals surface area contributed by atoms with Gasteiger partial charge in [-0.15, -0.1) is 0 Å². The molecule has 0 saturated carbocycles. The summed E-state index contributed by atoms with van der Waals surface area (Å²) in [6.07, 6.45) is 0. The second-order valence-corrected chi connectivity index (χ2v) is 10.8. The topological polar surface area (TPSA) is 106 Å². The first-order valence-electron chi connectivity index (χ1n) is 13.1. The second kappa shape index (κ2) is 10.6. The Morgan fingerprint density at radius 3 is 2.60 bits per heavy atom. The lowest BCUT2D eigenvalue weighted by Gasteiger charge is -2.31. The molecule has 2 aromatic carbocycles. The molecule has 2 aliphatic heterocycles. The second-order valence-electron chi connectivity index (χ2n) is 9.80. The van der Waals surface area contributed by atoms with Crippen molar-refractivity contribution < 1.29 is 28.9 Å². The van der Waals surface area contributed by atoms with Gasteiger partial charge in [0.05, 0.1) is 55.0 Å². The number of thiazole rings is 1. The van der Waals surface area contributed by atoms with Crippen LogP contribution in [0.15, 0.2) is 53.8 Å². The SMILES string of the molecule is COc1ccc(C2C(C(=O)c3sc4nc5ccccc5n4c3C)=C(O)C(=O)N2CCN2CCOCC2)cc1OC. The van der Waals surface area contributed by atoms with Gasteiger partial charge in [0.15, 0.2) is 22.2 Å². The number of fused-ring (bicyclic) bond motifs is 3. The van der Waals surface area contributed by atoms with Gasteiger partial charge in [0.1, 0.15) is 0 Å². The predicted octanol–water partition coefficient (Wildman–Crippen LogP) is 3.79. The monoisotopic (exact) mass is 562 g/mol. The molecule has 0 spiro atoms. The number of ether oxygens (including phenoxy) is 3. The number of nitrogens with zero attached hydrogens (tertiary/aromatic N) is 4. The number of methoxy groups -OCH3 is 2. The number of aryl methyl sites for hydroxylation is 1. The predicted molar refractivity (Wildman–Crippen MR) is 151 cm³/mol. The van der Waals surface area contributed by atoms with Gasteiger partial charge in [0, 0.05) is 31.9 Å². The molecule has 6 rings (SSSR count). The van der Waals surface area contributed by atoms with E-state index in [1.165, 1.54) is 18.4 Å². The molecule has 1 saturated heterocycles. The highest BCUT2D eigenvalue weighted by Crippen LogP contribution is 2.43. The van der Waals surface area contributed by atoms with Gasteiger partial charge < -0.3 is 24.2 Å². The number of carbonyl (C=O) groups excluding carboxylic acids is 2. The van der Waals surface area contributed by atoms with Crippen molar-refractivity contribution in [2.45, 2.75) is 13.0 Å². The lowest BCUT2D eigenvalue weighted by molar-refractivity contribution is -0.129. The molecule has 0 aliphatic carbocycles. The van der Waals surface area contributed by atoms with Crippen LogP contribution in [0.2, 0.25) is 0 Å². The summed E-state index contributed by atoms with van der Waals surface area (Å²) >= 11 is 1.26. The van der Waals surface area contributed by atoms with E-state index in [4.69, 9.17) is 14.2 Å². The fraction of sp³-hybridized carbons (Fsp3) is 0.345. The van der Waals surface area contributed by atoms with Crippen LogP contribution < -0.4 is 9.47 Å². The van der Waals surface area contributed by atoms with Crippen LogP contribution in [0.3, 0.4) is 0 Å². The van der Waals surface area contributed by atoms with Crippen molar-refractivity contribution in [3.8, 4) is 11.5 Å². The third kappa shape index (κ3) is 4.30. The van der Waals surface area contributed by atoms with Crippen LogP contribution in [0.4, 0.5) is 0 Å². The van der Waals surface area contributed by atoms with E-state index in [-0.39, 0.29) is 5.57 Å². The van der Waals surface area contributed by atoms with E-state index < -0.39 is 23.5 Å². The zero-order valence-electron chi connectivity index (χ0n) is 22.5. The van der Waals surface area contributed by atoms with E-state index in [9.17, 15) is 14.7 Å². The highest BCUT2D eigenvalue weighted by atomic mass is 32.1. The van der Waals surface area contributed by atoms with E-state index >= 15 is 0 Å². The molecular formula is C29H30N4O6S. The van der Waals surface area contributed by atoms with Gasteiger partial charge in [-0.1, -0.05) is 29.5 Å². The molecular weight excluding hydrogens is 532 g/mol. The van der Waals surface area contributed by atoms with E-state index in [2.05, 4.69) is 9.88 Å². The third-order valence-corrected chi connectivity index (χ3v) is 8.77. The van der Waals surface area contributed by atoms with Gasteiger partial charge in [-0.05, 0) is 36.8 Å². The lowest BCUT2D eigenvalue weighted by Crippen LogP contribution is -2.43. The van der Waals surface area contributed by atoms with Gasteiger partial charge in [0.2, 0.25) is 5.78 Å². The van der Waals surface area contributed by atoms with E-state index in [0.29, 0.717) is 58.9 Å².